The summed E-state index contributed by atoms with van der Waals surface area (Å²) in [7, 11) is 3.03. The molecule has 8 heteroatoms. The summed E-state index contributed by atoms with van der Waals surface area (Å²) >= 11 is 0. The second-order valence-electron chi connectivity index (χ2n) is 6.23. The number of amides is 2. The molecule has 8 nitrogen and oxygen atoms in total. The smallest absolute Gasteiger partial charge is 0.269 e. The van der Waals surface area contributed by atoms with Crippen molar-refractivity contribution in [1.29, 1.82) is 0 Å². The lowest BCUT2D eigenvalue weighted by atomic mass is 10.1. The van der Waals surface area contributed by atoms with E-state index in [1.54, 1.807) is 29.1 Å². The monoisotopic (exact) mass is 394 g/mol. The number of hydrogen-bond acceptors (Lipinski definition) is 5. The van der Waals surface area contributed by atoms with Crippen LogP contribution in [-0.2, 0) is 17.8 Å². The van der Waals surface area contributed by atoms with Crippen LogP contribution in [0.5, 0.6) is 11.5 Å². The average Bonchev–Trinajstić information content (AvgIpc) is 3.14. The number of para-hydroxylation sites is 2. The van der Waals surface area contributed by atoms with E-state index in [4.69, 9.17) is 9.47 Å². The zero-order valence-electron chi connectivity index (χ0n) is 16.3. The van der Waals surface area contributed by atoms with Crippen molar-refractivity contribution in [3.8, 4) is 11.5 Å². The number of imidazole rings is 1. The minimum Gasteiger partial charge on any atom is -0.493 e. The topological polar surface area (TPSA) is 94.5 Å². The predicted molar refractivity (Wildman–Crippen MR) is 109 cm³/mol. The Balaban J connectivity index is 1.69. The van der Waals surface area contributed by atoms with Gasteiger partial charge in [-0.3, -0.25) is 20.4 Å². The van der Waals surface area contributed by atoms with Gasteiger partial charge in [-0.05, 0) is 30.7 Å². The first-order valence-corrected chi connectivity index (χ1v) is 8.92. The molecular formula is C21H22N4O4. The van der Waals surface area contributed by atoms with Crippen LogP contribution >= 0.6 is 0 Å². The first-order valence-electron chi connectivity index (χ1n) is 8.92. The van der Waals surface area contributed by atoms with E-state index in [0.717, 1.165) is 16.6 Å². The van der Waals surface area contributed by atoms with Gasteiger partial charge in [-0.15, -0.1) is 6.58 Å². The summed E-state index contributed by atoms with van der Waals surface area (Å²) in [5.41, 5.74) is 7.56. The van der Waals surface area contributed by atoms with Crippen molar-refractivity contribution in [2.75, 3.05) is 14.2 Å². The fraction of sp³-hybridized carbons (Fsp3) is 0.190. The van der Waals surface area contributed by atoms with E-state index in [2.05, 4.69) is 22.4 Å². The van der Waals surface area contributed by atoms with Gasteiger partial charge in [0.15, 0.2) is 11.5 Å². The van der Waals surface area contributed by atoms with Crippen molar-refractivity contribution >= 4 is 22.8 Å². The van der Waals surface area contributed by atoms with Gasteiger partial charge in [0, 0.05) is 11.1 Å². The lowest BCUT2D eigenvalue weighted by molar-refractivity contribution is -0.122. The fourth-order valence-electron chi connectivity index (χ4n) is 3.01. The number of methoxy groups -OCH3 is 2. The van der Waals surface area contributed by atoms with E-state index in [1.807, 2.05) is 24.3 Å². The van der Waals surface area contributed by atoms with Crippen LogP contribution in [0, 0.1) is 0 Å². The van der Waals surface area contributed by atoms with Crippen LogP contribution in [0.1, 0.15) is 15.9 Å². The standard InChI is InChI=1S/C21H22N4O4/c1-4-7-14-10-15(11-18(28-2)20(14)29-3)21(27)24-23-19(26)12-25-13-22-16-8-5-6-9-17(16)25/h4-6,8-11,13H,1,7,12H2,2-3H3,(H,23,26)(H,24,27). The van der Waals surface area contributed by atoms with Crippen molar-refractivity contribution in [3.63, 3.8) is 0 Å². The molecule has 0 unspecified atom stereocenters. The number of rotatable bonds is 7. The van der Waals surface area contributed by atoms with Gasteiger partial charge in [-0.1, -0.05) is 18.2 Å². The Morgan fingerprint density at radius 2 is 1.97 bits per heavy atom. The fourth-order valence-corrected chi connectivity index (χ4v) is 3.01. The molecule has 0 bridgehead atoms. The third-order valence-corrected chi connectivity index (χ3v) is 4.34. The van der Waals surface area contributed by atoms with Crippen molar-refractivity contribution in [3.05, 3.63) is 66.5 Å². The first-order chi connectivity index (χ1) is 14.1. The number of aromatic nitrogens is 2. The lowest BCUT2D eigenvalue weighted by Crippen LogP contribution is -2.43. The third kappa shape index (κ3) is 4.37. The Hall–Kier alpha value is -3.81. The number of hydrazine groups is 1. The molecule has 1 heterocycles. The molecule has 0 saturated carbocycles. The summed E-state index contributed by atoms with van der Waals surface area (Å²) in [6.07, 6.45) is 3.79. The van der Waals surface area contributed by atoms with Crippen molar-refractivity contribution < 1.29 is 19.1 Å². The Labute approximate surface area is 168 Å². The highest BCUT2D eigenvalue weighted by atomic mass is 16.5. The molecule has 0 spiro atoms. The molecule has 3 rings (SSSR count). The summed E-state index contributed by atoms with van der Waals surface area (Å²) in [5.74, 6) is 0.113. The molecule has 0 saturated heterocycles. The zero-order chi connectivity index (χ0) is 20.8. The van der Waals surface area contributed by atoms with Gasteiger partial charge in [0.1, 0.15) is 6.54 Å². The summed E-state index contributed by atoms with van der Waals surface area (Å²) in [6, 6.07) is 10.7. The number of fused-ring (bicyclic) bond motifs is 1. The van der Waals surface area contributed by atoms with Crippen molar-refractivity contribution in [1.82, 2.24) is 20.4 Å². The molecule has 1 aromatic heterocycles. The maximum absolute atomic E-state index is 12.5. The highest BCUT2D eigenvalue weighted by Crippen LogP contribution is 2.33. The molecule has 0 aliphatic heterocycles. The molecular weight excluding hydrogens is 372 g/mol. The third-order valence-electron chi connectivity index (χ3n) is 4.34. The van der Waals surface area contributed by atoms with Gasteiger partial charge in [0.05, 0.1) is 31.6 Å². The van der Waals surface area contributed by atoms with Gasteiger partial charge in [-0.2, -0.15) is 0 Å². The average molecular weight is 394 g/mol. The molecule has 0 fully saturated rings. The van der Waals surface area contributed by atoms with Crippen LogP contribution in [0.2, 0.25) is 0 Å². The van der Waals surface area contributed by atoms with Crippen LogP contribution in [0.15, 0.2) is 55.4 Å². The number of nitrogens with zero attached hydrogens (tertiary/aromatic N) is 2. The van der Waals surface area contributed by atoms with Crippen LogP contribution in [0.25, 0.3) is 11.0 Å². The minimum atomic E-state index is -0.472. The maximum atomic E-state index is 12.5. The molecule has 0 radical (unpaired) electrons. The molecule has 0 aliphatic carbocycles. The minimum absolute atomic E-state index is 0.0223. The molecule has 2 amide bonds. The van der Waals surface area contributed by atoms with Crippen LogP contribution < -0.4 is 20.3 Å². The molecule has 0 aliphatic rings. The van der Waals surface area contributed by atoms with Gasteiger partial charge < -0.3 is 14.0 Å². The molecule has 2 aromatic carbocycles. The van der Waals surface area contributed by atoms with Crippen molar-refractivity contribution in [2.45, 2.75) is 13.0 Å². The van der Waals surface area contributed by atoms with Crippen LogP contribution in [0.4, 0.5) is 0 Å². The lowest BCUT2D eigenvalue weighted by Gasteiger charge is -2.14. The summed E-state index contributed by atoms with van der Waals surface area (Å²) in [4.78, 5) is 29.0. The number of carbonyl (C=O) groups is 2. The van der Waals surface area contributed by atoms with Crippen LogP contribution in [0.3, 0.4) is 0 Å². The van der Waals surface area contributed by atoms with E-state index in [1.165, 1.54) is 14.2 Å². The summed E-state index contributed by atoms with van der Waals surface area (Å²) in [5, 5.41) is 0. The van der Waals surface area contributed by atoms with Gasteiger partial charge in [-0.25, -0.2) is 4.98 Å². The quantitative estimate of drug-likeness (QED) is 0.473. The largest absolute Gasteiger partial charge is 0.493 e. The number of carbonyl (C=O) groups excluding carboxylic acids is 2. The molecule has 0 atom stereocenters. The van der Waals surface area contributed by atoms with Crippen LogP contribution in [-0.4, -0.2) is 35.6 Å². The molecule has 29 heavy (non-hydrogen) atoms. The summed E-state index contributed by atoms with van der Waals surface area (Å²) in [6.45, 7) is 3.74. The number of benzene rings is 2. The second-order valence-corrected chi connectivity index (χ2v) is 6.23. The Bertz CT molecular complexity index is 1060. The molecule has 3 aromatic rings. The number of nitrogens with one attached hydrogen (secondary N) is 2. The molecule has 150 valence electrons. The zero-order valence-corrected chi connectivity index (χ0v) is 16.3. The molecule has 2 N–H and O–H groups in total. The second kappa shape index (κ2) is 8.92. The highest BCUT2D eigenvalue weighted by Gasteiger charge is 2.16. The van der Waals surface area contributed by atoms with E-state index in [9.17, 15) is 9.59 Å². The van der Waals surface area contributed by atoms with E-state index >= 15 is 0 Å². The Kier molecular flexibility index (Phi) is 6.13. The van der Waals surface area contributed by atoms with Gasteiger partial charge in [0.25, 0.3) is 11.8 Å². The Morgan fingerprint density at radius 3 is 2.69 bits per heavy atom. The van der Waals surface area contributed by atoms with Gasteiger partial charge in [0.2, 0.25) is 0 Å². The number of ether oxygens (including phenoxy) is 2. The van der Waals surface area contributed by atoms with E-state index < -0.39 is 5.91 Å². The SMILES string of the molecule is C=CCc1cc(C(=O)NNC(=O)Cn2cnc3ccccc32)cc(OC)c1OC. The first kappa shape index (κ1) is 19.9. The predicted octanol–water partition coefficient (Wildman–Crippen LogP) is 2.24. The Morgan fingerprint density at radius 1 is 1.17 bits per heavy atom. The van der Waals surface area contributed by atoms with Gasteiger partial charge >= 0.3 is 0 Å². The van der Waals surface area contributed by atoms with Crippen molar-refractivity contribution in [2.24, 2.45) is 0 Å². The summed E-state index contributed by atoms with van der Waals surface area (Å²) < 4.78 is 12.4. The maximum Gasteiger partial charge on any atom is 0.269 e. The normalized spacial score (nSPS) is 10.4. The number of allylic oxidation sites excluding steroid dienone is 1. The van der Waals surface area contributed by atoms with E-state index in [-0.39, 0.29) is 12.5 Å². The number of hydrogen-bond donors (Lipinski definition) is 2. The highest BCUT2D eigenvalue weighted by molar-refractivity contribution is 5.96. The van der Waals surface area contributed by atoms with E-state index in [0.29, 0.717) is 23.5 Å².